The summed E-state index contributed by atoms with van der Waals surface area (Å²) in [6.45, 7) is 1.28. The van der Waals surface area contributed by atoms with Crippen LogP contribution in [0.2, 0.25) is 0 Å². The Bertz CT molecular complexity index is 308. The van der Waals surface area contributed by atoms with Crippen molar-refractivity contribution in [3.8, 4) is 0 Å². The Labute approximate surface area is 72.7 Å². The van der Waals surface area contributed by atoms with Gasteiger partial charge in [-0.1, -0.05) is 0 Å². The van der Waals surface area contributed by atoms with E-state index in [0.717, 1.165) is 6.07 Å². The van der Waals surface area contributed by atoms with E-state index < -0.39 is 11.7 Å². The van der Waals surface area contributed by atoms with Gasteiger partial charge < -0.3 is 5.43 Å². The molecule has 0 saturated carbocycles. The van der Waals surface area contributed by atoms with Gasteiger partial charge in [-0.25, -0.2) is 10.8 Å². The molecule has 6 heteroatoms. The summed E-state index contributed by atoms with van der Waals surface area (Å²) < 4.78 is 36.6. The molecule has 0 radical (unpaired) electrons. The molecule has 0 aliphatic rings. The first-order chi connectivity index (χ1) is 5.95. The zero-order valence-electron chi connectivity index (χ0n) is 6.81. The van der Waals surface area contributed by atoms with Gasteiger partial charge in [-0.05, 0) is 19.1 Å². The van der Waals surface area contributed by atoms with Gasteiger partial charge in [-0.3, -0.25) is 0 Å². The van der Waals surface area contributed by atoms with Crippen LogP contribution in [0.3, 0.4) is 0 Å². The summed E-state index contributed by atoms with van der Waals surface area (Å²) in [4.78, 5) is 3.60. The van der Waals surface area contributed by atoms with Gasteiger partial charge >= 0.3 is 6.18 Å². The molecule has 3 N–H and O–H groups in total. The predicted molar refractivity (Wildman–Crippen MR) is 41.8 cm³/mol. The zero-order chi connectivity index (χ0) is 10.1. The average Bonchev–Trinajstić information content (AvgIpc) is 2.01. The van der Waals surface area contributed by atoms with Crippen LogP contribution in [-0.2, 0) is 6.18 Å². The number of nitrogens with one attached hydrogen (secondary N) is 1. The summed E-state index contributed by atoms with van der Waals surface area (Å²) in [6, 6.07) is 2.12. The van der Waals surface area contributed by atoms with Gasteiger partial charge in [0.25, 0.3) is 0 Å². The Kier molecular flexibility index (Phi) is 2.42. The van der Waals surface area contributed by atoms with Gasteiger partial charge in [-0.2, -0.15) is 13.2 Å². The summed E-state index contributed by atoms with van der Waals surface area (Å²) in [6.07, 6.45) is -4.36. The number of halogens is 3. The van der Waals surface area contributed by atoms with E-state index in [9.17, 15) is 13.2 Å². The van der Waals surface area contributed by atoms with Gasteiger partial charge in [0.1, 0.15) is 5.82 Å². The van der Waals surface area contributed by atoms with Crippen LogP contribution < -0.4 is 11.3 Å². The van der Waals surface area contributed by atoms with Crippen molar-refractivity contribution in [2.75, 3.05) is 5.43 Å². The van der Waals surface area contributed by atoms with E-state index >= 15 is 0 Å². The molecular formula is C7H8F3N3. The number of hydrogen-bond donors (Lipinski definition) is 2. The molecule has 1 aromatic rings. The second-order valence-corrected chi connectivity index (χ2v) is 2.47. The number of nitrogen functional groups attached to an aromatic ring is 1. The van der Waals surface area contributed by atoms with Gasteiger partial charge in [-0.15, -0.1) is 0 Å². The molecule has 0 spiro atoms. The number of nitrogens with zero attached hydrogens (tertiary/aromatic N) is 1. The van der Waals surface area contributed by atoms with E-state index in [1.54, 1.807) is 0 Å². The van der Waals surface area contributed by atoms with E-state index in [1.807, 2.05) is 0 Å². The highest BCUT2D eigenvalue weighted by Gasteiger charge is 2.32. The first-order valence-corrected chi connectivity index (χ1v) is 3.46. The lowest BCUT2D eigenvalue weighted by Gasteiger charge is -2.09. The van der Waals surface area contributed by atoms with Crippen LogP contribution in [0.5, 0.6) is 0 Å². The molecule has 3 nitrogen and oxygen atoms in total. The number of nitrogens with two attached hydrogens (primary N) is 1. The summed E-state index contributed by atoms with van der Waals surface area (Å²) in [5, 5.41) is 0. The third kappa shape index (κ3) is 2.09. The second kappa shape index (κ2) is 3.21. The molecule has 0 atom stereocenters. The predicted octanol–water partition coefficient (Wildman–Crippen LogP) is 1.69. The van der Waals surface area contributed by atoms with E-state index in [2.05, 4.69) is 10.4 Å². The third-order valence-electron chi connectivity index (χ3n) is 1.54. The molecular weight excluding hydrogens is 183 g/mol. The lowest BCUT2D eigenvalue weighted by Crippen LogP contribution is -2.13. The molecule has 0 aromatic carbocycles. The maximum Gasteiger partial charge on any atom is 0.418 e. The normalized spacial score (nSPS) is 11.5. The van der Waals surface area contributed by atoms with E-state index in [1.165, 1.54) is 13.0 Å². The van der Waals surface area contributed by atoms with Crippen LogP contribution in [0.4, 0.5) is 19.0 Å². The van der Waals surface area contributed by atoms with Crippen molar-refractivity contribution in [1.82, 2.24) is 4.98 Å². The summed E-state index contributed by atoms with van der Waals surface area (Å²) in [5.74, 6) is 5.20. The summed E-state index contributed by atoms with van der Waals surface area (Å²) in [7, 11) is 0. The van der Waals surface area contributed by atoms with Crippen molar-refractivity contribution in [2.45, 2.75) is 13.1 Å². The number of aryl methyl sites for hydroxylation is 1. The van der Waals surface area contributed by atoms with Crippen LogP contribution in [0.1, 0.15) is 11.3 Å². The Morgan fingerprint density at radius 2 is 2.00 bits per heavy atom. The maximum absolute atomic E-state index is 12.2. The molecule has 1 heterocycles. The quantitative estimate of drug-likeness (QED) is 0.524. The Morgan fingerprint density at radius 3 is 2.38 bits per heavy atom. The van der Waals surface area contributed by atoms with Crippen molar-refractivity contribution >= 4 is 5.82 Å². The van der Waals surface area contributed by atoms with Crippen molar-refractivity contribution < 1.29 is 13.2 Å². The third-order valence-corrected chi connectivity index (χ3v) is 1.54. The number of hydrogen-bond acceptors (Lipinski definition) is 3. The smallest absolute Gasteiger partial charge is 0.308 e. The van der Waals surface area contributed by atoms with Gasteiger partial charge in [0, 0.05) is 0 Å². The van der Waals surface area contributed by atoms with Crippen LogP contribution in [0.25, 0.3) is 0 Å². The van der Waals surface area contributed by atoms with Crippen LogP contribution in [0, 0.1) is 6.92 Å². The highest BCUT2D eigenvalue weighted by atomic mass is 19.4. The number of rotatable bonds is 1. The number of hydrazine groups is 1. The fourth-order valence-corrected chi connectivity index (χ4v) is 0.941. The van der Waals surface area contributed by atoms with E-state index in [0.29, 0.717) is 0 Å². The monoisotopic (exact) mass is 191 g/mol. The molecule has 0 unspecified atom stereocenters. The minimum Gasteiger partial charge on any atom is -0.308 e. The molecule has 0 aliphatic carbocycles. The fourth-order valence-electron chi connectivity index (χ4n) is 0.941. The molecule has 13 heavy (non-hydrogen) atoms. The molecule has 72 valence electrons. The molecule has 1 aromatic heterocycles. The fraction of sp³-hybridized carbons (Fsp3) is 0.286. The largest absolute Gasteiger partial charge is 0.418 e. The Morgan fingerprint density at radius 1 is 1.38 bits per heavy atom. The number of alkyl halides is 3. The molecule has 0 aliphatic heterocycles. The maximum atomic E-state index is 12.2. The lowest BCUT2D eigenvalue weighted by atomic mass is 10.2. The highest BCUT2D eigenvalue weighted by molar-refractivity contribution is 5.38. The minimum absolute atomic E-state index is 0.0945. The number of aromatic nitrogens is 1. The van der Waals surface area contributed by atoms with E-state index in [-0.39, 0.29) is 11.5 Å². The summed E-state index contributed by atoms with van der Waals surface area (Å²) >= 11 is 0. The molecule has 0 fully saturated rings. The van der Waals surface area contributed by atoms with Crippen molar-refractivity contribution in [2.24, 2.45) is 5.84 Å². The molecule has 0 amide bonds. The van der Waals surface area contributed by atoms with Crippen LogP contribution in [-0.4, -0.2) is 4.98 Å². The first kappa shape index (κ1) is 9.79. The second-order valence-electron chi connectivity index (χ2n) is 2.47. The SMILES string of the molecule is Cc1nc(NN)ccc1C(F)(F)F. The van der Waals surface area contributed by atoms with E-state index in [4.69, 9.17) is 5.84 Å². The van der Waals surface area contributed by atoms with Gasteiger partial charge in [0.05, 0.1) is 11.3 Å². The number of pyridine rings is 1. The standard InChI is InChI=1S/C7H8F3N3/c1-4-5(7(8,9)10)2-3-6(12-4)13-11/h2-3H,11H2,1H3,(H,12,13). The molecule has 1 rings (SSSR count). The first-order valence-electron chi connectivity index (χ1n) is 3.46. The zero-order valence-corrected chi connectivity index (χ0v) is 6.81. The van der Waals surface area contributed by atoms with Gasteiger partial charge in [0.2, 0.25) is 0 Å². The highest BCUT2D eigenvalue weighted by Crippen LogP contribution is 2.31. The van der Waals surface area contributed by atoms with Crippen molar-refractivity contribution in [3.05, 3.63) is 23.4 Å². The van der Waals surface area contributed by atoms with Crippen LogP contribution in [0.15, 0.2) is 12.1 Å². The minimum atomic E-state index is -4.36. The Hall–Kier alpha value is -1.30. The number of anilines is 1. The van der Waals surface area contributed by atoms with Crippen molar-refractivity contribution in [3.63, 3.8) is 0 Å². The topological polar surface area (TPSA) is 50.9 Å². The van der Waals surface area contributed by atoms with Gasteiger partial charge in [0.15, 0.2) is 0 Å². The average molecular weight is 191 g/mol. The Balaban J connectivity index is 3.13. The molecule has 0 bridgehead atoms. The summed E-state index contributed by atoms with van der Waals surface area (Å²) in [5.41, 5.74) is 1.33. The van der Waals surface area contributed by atoms with Crippen molar-refractivity contribution in [1.29, 1.82) is 0 Å². The lowest BCUT2D eigenvalue weighted by molar-refractivity contribution is -0.138. The van der Waals surface area contributed by atoms with Crippen LogP contribution >= 0.6 is 0 Å². The molecule has 0 saturated heterocycles.